The van der Waals surface area contributed by atoms with Crippen molar-refractivity contribution in [3.8, 4) is 0 Å². The van der Waals surface area contributed by atoms with Gasteiger partial charge in [0.1, 0.15) is 10.5 Å². The van der Waals surface area contributed by atoms with Crippen molar-refractivity contribution in [1.29, 1.82) is 0 Å². The first-order valence-corrected chi connectivity index (χ1v) is 7.85. The summed E-state index contributed by atoms with van der Waals surface area (Å²) in [7, 11) is 3.68. The normalized spacial score (nSPS) is 10.9. The Hall–Kier alpha value is -2.45. The van der Waals surface area contributed by atoms with Crippen LogP contribution < -0.4 is 10.2 Å². The number of aliphatic hydroxyl groups excluding tert-OH is 1. The highest BCUT2D eigenvalue weighted by molar-refractivity contribution is 7.09. The van der Waals surface area contributed by atoms with Gasteiger partial charge >= 0.3 is 0 Å². The molecule has 3 rings (SSSR count). The Morgan fingerprint density at radius 3 is 2.91 bits per heavy atom. The van der Waals surface area contributed by atoms with Crippen LogP contribution in [-0.4, -0.2) is 35.1 Å². The summed E-state index contributed by atoms with van der Waals surface area (Å²) in [4.78, 5) is 22.5. The lowest BCUT2D eigenvalue weighted by Crippen LogP contribution is -2.22. The molecule has 0 saturated heterocycles. The van der Waals surface area contributed by atoms with E-state index in [0.717, 1.165) is 5.01 Å². The Bertz CT molecular complexity index is 840. The maximum atomic E-state index is 12.2. The first-order valence-electron chi connectivity index (χ1n) is 6.97. The van der Waals surface area contributed by atoms with Crippen molar-refractivity contribution in [3.63, 3.8) is 0 Å². The fourth-order valence-corrected chi connectivity index (χ4v) is 2.73. The molecule has 23 heavy (non-hydrogen) atoms. The molecule has 1 aromatic carbocycles. The number of thiazole rings is 1. The van der Waals surface area contributed by atoms with Crippen LogP contribution in [0.25, 0.3) is 11.1 Å². The molecule has 0 fully saturated rings. The van der Waals surface area contributed by atoms with Gasteiger partial charge in [0.2, 0.25) is 0 Å². The Morgan fingerprint density at radius 2 is 2.22 bits per heavy atom. The number of fused-ring (bicyclic) bond motifs is 1. The lowest BCUT2D eigenvalue weighted by atomic mass is 10.2. The van der Waals surface area contributed by atoms with Crippen LogP contribution in [0.5, 0.6) is 0 Å². The van der Waals surface area contributed by atoms with Crippen LogP contribution in [0.3, 0.4) is 0 Å². The average Bonchev–Trinajstić information content (AvgIpc) is 3.18. The maximum absolute atomic E-state index is 12.2. The predicted molar refractivity (Wildman–Crippen MR) is 87.5 cm³/mol. The number of rotatable bonds is 5. The molecule has 0 aliphatic carbocycles. The first kappa shape index (κ1) is 15.4. The average molecular weight is 332 g/mol. The van der Waals surface area contributed by atoms with Crippen molar-refractivity contribution < 1.29 is 14.3 Å². The number of anilines is 1. The van der Waals surface area contributed by atoms with E-state index in [1.165, 1.54) is 11.3 Å². The summed E-state index contributed by atoms with van der Waals surface area (Å²) in [6.07, 6.45) is 0. The van der Waals surface area contributed by atoms with E-state index in [4.69, 9.17) is 9.52 Å². The van der Waals surface area contributed by atoms with Crippen molar-refractivity contribution in [3.05, 3.63) is 39.8 Å². The minimum absolute atomic E-state index is 0.0958. The smallest absolute Gasteiger partial charge is 0.297 e. The summed E-state index contributed by atoms with van der Waals surface area (Å²) >= 11 is 1.40. The van der Waals surface area contributed by atoms with Crippen LogP contribution in [0.4, 0.5) is 6.01 Å². The van der Waals surface area contributed by atoms with E-state index in [0.29, 0.717) is 34.9 Å². The standard InChI is InChI=1S/C15H16N4O3S/c1-19(2)15-18-11-5-9(3-4-12(11)22-15)14(21)16-6-13-17-10(7-20)8-23-13/h3-5,8,20H,6-7H2,1-2H3,(H,16,21). The third-order valence-electron chi connectivity index (χ3n) is 3.18. The molecule has 0 aliphatic heterocycles. The molecule has 2 aromatic heterocycles. The van der Waals surface area contributed by atoms with Crippen LogP contribution in [-0.2, 0) is 13.2 Å². The fraction of sp³-hybridized carbons (Fsp3) is 0.267. The molecule has 0 spiro atoms. The largest absolute Gasteiger partial charge is 0.423 e. The molecule has 0 radical (unpaired) electrons. The molecule has 0 aliphatic rings. The van der Waals surface area contributed by atoms with Gasteiger partial charge in [0.25, 0.3) is 11.9 Å². The number of carbonyl (C=O) groups is 1. The number of aromatic nitrogens is 2. The van der Waals surface area contributed by atoms with E-state index in [-0.39, 0.29) is 12.5 Å². The van der Waals surface area contributed by atoms with Crippen molar-refractivity contribution >= 4 is 34.4 Å². The molecular formula is C15H16N4O3S. The minimum Gasteiger partial charge on any atom is -0.423 e. The summed E-state index contributed by atoms with van der Waals surface area (Å²) < 4.78 is 5.56. The highest BCUT2D eigenvalue weighted by Crippen LogP contribution is 2.21. The van der Waals surface area contributed by atoms with Crippen molar-refractivity contribution in [2.75, 3.05) is 19.0 Å². The predicted octanol–water partition coefficient (Wildman–Crippen LogP) is 1.77. The molecule has 7 nitrogen and oxygen atoms in total. The van der Waals surface area contributed by atoms with Gasteiger partial charge in [0.05, 0.1) is 18.8 Å². The van der Waals surface area contributed by atoms with E-state index < -0.39 is 0 Å². The minimum atomic E-state index is -0.206. The van der Waals surface area contributed by atoms with Gasteiger partial charge in [-0.15, -0.1) is 11.3 Å². The lowest BCUT2D eigenvalue weighted by molar-refractivity contribution is 0.0951. The number of carbonyl (C=O) groups excluding carboxylic acids is 1. The van der Waals surface area contributed by atoms with Crippen molar-refractivity contribution in [2.45, 2.75) is 13.2 Å². The summed E-state index contributed by atoms with van der Waals surface area (Å²) in [5.41, 5.74) is 2.39. The van der Waals surface area contributed by atoms with Crippen LogP contribution in [0.2, 0.25) is 0 Å². The van der Waals surface area contributed by atoms with E-state index in [2.05, 4.69) is 15.3 Å². The number of oxazole rings is 1. The summed E-state index contributed by atoms with van der Waals surface area (Å²) in [6.45, 7) is 0.227. The number of nitrogens with zero attached hydrogens (tertiary/aromatic N) is 3. The highest BCUT2D eigenvalue weighted by atomic mass is 32.1. The summed E-state index contributed by atoms with van der Waals surface area (Å²) in [6, 6.07) is 5.63. The molecule has 0 unspecified atom stereocenters. The van der Waals surface area contributed by atoms with Gasteiger partial charge in [-0.3, -0.25) is 4.79 Å². The SMILES string of the molecule is CN(C)c1nc2cc(C(=O)NCc3nc(CO)cs3)ccc2o1. The number of amides is 1. The quantitative estimate of drug-likeness (QED) is 0.740. The molecule has 1 amide bonds. The molecule has 120 valence electrons. The number of hydrogen-bond donors (Lipinski definition) is 2. The molecule has 0 atom stereocenters. The molecule has 0 saturated carbocycles. The monoisotopic (exact) mass is 332 g/mol. The first-order chi connectivity index (χ1) is 11.1. The molecular weight excluding hydrogens is 316 g/mol. The van der Waals surface area contributed by atoms with Gasteiger partial charge in [-0.25, -0.2) is 4.98 Å². The van der Waals surface area contributed by atoms with Gasteiger partial charge in [-0.2, -0.15) is 4.98 Å². The zero-order valence-corrected chi connectivity index (χ0v) is 13.6. The van der Waals surface area contributed by atoms with E-state index in [1.807, 2.05) is 14.1 Å². The van der Waals surface area contributed by atoms with Crippen LogP contribution in [0.1, 0.15) is 21.1 Å². The van der Waals surface area contributed by atoms with Gasteiger partial charge in [0.15, 0.2) is 5.58 Å². The Morgan fingerprint density at radius 1 is 1.39 bits per heavy atom. The lowest BCUT2D eigenvalue weighted by Gasteiger charge is -2.03. The Labute approximate surface area is 136 Å². The Kier molecular flexibility index (Phi) is 4.26. The molecule has 3 aromatic rings. The summed E-state index contributed by atoms with van der Waals surface area (Å²) in [5, 5.41) is 14.3. The Balaban J connectivity index is 1.72. The van der Waals surface area contributed by atoms with Crippen molar-refractivity contribution in [1.82, 2.24) is 15.3 Å². The summed E-state index contributed by atoms with van der Waals surface area (Å²) in [5.74, 6) is -0.206. The second-order valence-electron chi connectivity index (χ2n) is 5.15. The highest BCUT2D eigenvalue weighted by Gasteiger charge is 2.12. The number of benzene rings is 1. The van der Waals surface area contributed by atoms with Crippen LogP contribution in [0.15, 0.2) is 28.0 Å². The molecule has 0 bridgehead atoms. The fourth-order valence-electron chi connectivity index (χ4n) is 2.01. The number of hydrogen-bond acceptors (Lipinski definition) is 7. The second-order valence-corrected chi connectivity index (χ2v) is 6.09. The molecule has 2 heterocycles. The topological polar surface area (TPSA) is 91.5 Å². The second kappa shape index (κ2) is 6.35. The van der Waals surface area contributed by atoms with Crippen LogP contribution >= 0.6 is 11.3 Å². The van der Waals surface area contributed by atoms with Gasteiger partial charge in [0, 0.05) is 25.0 Å². The third kappa shape index (κ3) is 3.33. The number of nitrogens with one attached hydrogen (secondary N) is 1. The van der Waals surface area contributed by atoms with Gasteiger partial charge in [-0.1, -0.05) is 0 Å². The molecule has 8 heteroatoms. The van der Waals surface area contributed by atoms with Crippen molar-refractivity contribution in [2.24, 2.45) is 0 Å². The van der Waals surface area contributed by atoms with E-state index >= 15 is 0 Å². The van der Waals surface area contributed by atoms with Gasteiger partial charge in [-0.05, 0) is 18.2 Å². The van der Waals surface area contributed by atoms with E-state index in [1.54, 1.807) is 28.5 Å². The zero-order valence-electron chi connectivity index (χ0n) is 12.7. The maximum Gasteiger partial charge on any atom is 0.297 e. The zero-order chi connectivity index (χ0) is 16.4. The van der Waals surface area contributed by atoms with Gasteiger partial charge < -0.3 is 19.7 Å². The number of aliphatic hydroxyl groups is 1. The molecule has 2 N–H and O–H groups in total. The van der Waals surface area contributed by atoms with E-state index in [9.17, 15) is 4.79 Å². The third-order valence-corrected chi connectivity index (χ3v) is 4.08. The van der Waals surface area contributed by atoms with Crippen LogP contribution in [0, 0.1) is 0 Å².